The van der Waals surface area contributed by atoms with Crippen molar-refractivity contribution in [3.8, 4) is 0 Å². The van der Waals surface area contributed by atoms with E-state index < -0.39 is 0 Å². The van der Waals surface area contributed by atoms with Gasteiger partial charge in [0.15, 0.2) is 0 Å². The van der Waals surface area contributed by atoms with Crippen molar-refractivity contribution in [3.63, 3.8) is 0 Å². The Bertz CT molecular complexity index is 159. The molecule has 0 aromatic rings. The Hall–Kier alpha value is -0.0800. The fourth-order valence-corrected chi connectivity index (χ4v) is 2.70. The molecule has 0 radical (unpaired) electrons. The predicted molar refractivity (Wildman–Crippen MR) is 46.4 cm³/mol. The van der Waals surface area contributed by atoms with Crippen LogP contribution in [-0.2, 0) is 0 Å². The Balaban J connectivity index is 2.15. The summed E-state index contributed by atoms with van der Waals surface area (Å²) in [5.74, 6) is 0. The molecule has 2 aliphatic heterocycles. The first-order chi connectivity index (χ1) is 5.13. The summed E-state index contributed by atoms with van der Waals surface area (Å²) < 4.78 is 0. The smallest absolute Gasteiger partial charge is 0.0599 e. The van der Waals surface area contributed by atoms with Crippen molar-refractivity contribution in [1.29, 1.82) is 0 Å². The van der Waals surface area contributed by atoms with Gasteiger partial charge in [-0.25, -0.2) is 0 Å². The second-order valence-electron chi connectivity index (χ2n) is 4.14. The molecule has 2 rings (SSSR count). The maximum absolute atomic E-state index is 2.63. The van der Waals surface area contributed by atoms with Crippen LogP contribution in [0.25, 0.3) is 0 Å². The van der Waals surface area contributed by atoms with E-state index in [-0.39, 0.29) is 0 Å². The fourth-order valence-electron chi connectivity index (χ4n) is 2.70. The van der Waals surface area contributed by atoms with E-state index in [1.165, 1.54) is 6.42 Å². The SMILES string of the molecule is CC1C2CC(C)N2C(C)N1C. The van der Waals surface area contributed by atoms with Gasteiger partial charge in [0, 0.05) is 18.1 Å². The lowest BCUT2D eigenvalue weighted by Gasteiger charge is -2.45. The Kier molecular flexibility index (Phi) is 1.52. The molecular formula is C9H18N2. The molecule has 2 heterocycles. The molecule has 2 heteroatoms. The van der Waals surface area contributed by atoms with Crippen LogP contribution in [0.2, 0.25) is 0 Å². The summed E-state index contributed by atoms with van der Waals surface area (Å²) >= 11 is 0. The highest BCUT2D eigenvalue weighted by Crippen LogP contribution is 2.38. The van der Waals surface area contributed by atoms with E-state index in [0.29, 0.717) is 6.17 Å². The molecule has 0 N–H and O–H groups in total. The van der Waals surface area contributed by atoms with Gasteiger partial charge in [0.05, 0.1) is 6.17 Å². The lowest BCUT2D eigenvalue weighted by Crippen LogP contribution is -2.55. The largest absolute Gasteiger partial charge is 0.287 e. The first-order valence-corrected chi connectivity index (χ1v) is 4.62. The number of likely N-dealkylation sites (N-methyl/N-ethyl adjacent to an activating group) is 1. The lowest BCUT2D eigenvalue weighted by molar-refractivity contribution is 0.0216. The lowest BCUT2D eigenvalue weighted by atomic mass is 9.91. The first kappa shape index (κ1) is 7.56. The molecule has 0 aromatic carbocycles. The van der Waals surface area contributed by atoms with Crippen LogP contribution in [0.5, 0.6) is 0 Å². The topological polar surface area (TPSA) is 6.48 Å². The Labute approximate surface area is 69.2 Å². The van der Waals surface area contributed by atoms with Crippen molar-refractivity contribution >= 4 is 0 Å². The minimum absolute atomic E-state index is 0.666. The van der Waals surface area contributed by atoms with Crippen LogP contribution in [0.3, 0.4) is 0 Å². The molecule has 0 aromatic heterocycles. The van der Waals surface area contributed by atoms with Gasteiger partial charge in [-0.15, -0.1) is 0 Å². The van der Waals surface area contributed by atoms with Gasteiger partial charge in [-0.2, -0.15) is 0 Å². The Morgan fingerprint density at radius 1 is 1.18 bits per heavy atom. The second-order valence-corrected chi connectivity index (χ2v) is 4.14. The van der Waals surface area contributed by atoms with Crippen molar-refractivity contribution in [3.05, 3.63) is 0 Å². The van der Waals surface area contributed by atoms with Crippen LogP contribution in [-0.4, -0.2) is 41.1 Å². The quantitative estimate of drug-likeness (QED) is 0.516. The van der Waals surface area contributed by atoms with Gasteiger partial charge >= 0.3 is 0 Å². The molecule has 0 bridgehead atoms. The molecule has 2 fully saturated rings. The van der Waals surface area contributed by atoms with Crippen LogP contribution in [0.4, 0.5) is 0 Å². The minimum atomic E-state index is 0.666. The third-order valence-corrected chi connectivity index (χ3v) is 3.69. The molecule has 0 aliphatic carbocycles. The van der Waals surface area contributed by atoms with Gasteiger partial charge in [-0.05, 0) is 34.2 Å². The molecule has 4 unspecified atom stereocenters. The molecule has 11 heavy (non-hydrogen) atoms. The summed E-state index contributed by atoms with van der Waals surface area (Å²) in [6, 6.07) is 2.44. The minimum Gasteiger partial charge on any atom is -0.287 e. The highest BCUT2D eigenvalue weighted by Gasteiger charge is 2.49. The van der Waals surface area contributed by atoms with E-state index in [1.807, 2.05) is 0 Å². The number of hydrogen-bond donors (Lipinski definition) is 0. The monoisotopic (exact) mass is 154 g/mol. The van der Waals surface area contributed by atoms with Crippen LogP contribution in [0.15, 0.2) is 0 Å². The maximum atomic E-state index is 2.63. The highest BCUT2D eigenvalue weighted by atomic mass is 15.5. The van der Waals surface area contributed by atoms with Crippen molar-refractivity contribution in [2.75, 3.05) is 7.05 Å². The summed E-state index contributed by atoms with van der Waals surface area (Å²) in [7, 11) is 2.24. The summed E-state index contributed by atoms with van der Waals surface area (Å²) in [4.78, 5) is 5.11. The molecule has 0 amide bonds. The molecule has 2 saturated heterocycles. The van der Waals surface area contributed by atoms with Gasteiger partial charge in [0.1, 0.15) is 0 Å². The van der Waals surface area contributed by atoms with Crippen LogP contribution in [0, 0.1) is 0 Å². The van der Waals surface area contributed by atoms with E-state index in [1.54, 1.807) is 0 Å². The third-order valence-electron chi connectivity index (χ3n) is 3.69. The van der Waals surface area contributed by atoms with Crippen molar-refractivity contribution in [2.24, 2.45) is 0 Å². The van der Waals surface area contributed by atoms with Crippen LogP contribution in [0.1, 0.15) is 27.2 Å². The van der Waals surface area contributed by atoms with E-state index in [4.69, 9.17) is 0 Å². The number of rotatable bonds is 0. The molecule has 2 nitrogen and oxygen atoms in total. The van der Waals surface area contributed by atoms with Gasteiger partial charge in [-0.3, -0.25) is 9.80 Å². The fraction of sp³-hybridized carbons (Fsp3) is 1.00. The highest BCUT2D eigenvalue weighted by molar-refractivity contribution is 5.03. The van der Waals surface area contributed by atoms with Gasteiger partial charge in [-0.1, -0.05) is 0 Å². The van der Waals surface area contributed by atoms with Crippen molar-refractivity contribution < 1.29 is 0 Å². The summed E-state index contributed by atoms with van der Waals surface area (Å²) in [5.41, 5.74) is 0. The summed E-state index contributed by atoms with van der Waals surface area (Å²) in [6.07, 6.45) is 2.06. The Morgan fingerprint density at radius 3 is 2.18 bits per heavy atom. The van der Waals surface area contributed by atoms with E-state index in [0.717, 1.165) is 18.1 Å². The number of nitrogens with zero attached hydrogens (tertiary/aromatic N) is 2. The van der Waals surface area contributed by atoms with Gasteiger partial charge in [0.25, 0.3) is 0 Å². The summed E-state index contributed by atoms with van der Waals surface area (Å²) in [6.45, 7) is 6.98. The van der Waals surface area contributed by atoms with E-state index >= 15 is 0 Å². The van der Waals surface area contributed by atoms with Crippen molar-refractivity contribution in [1.82, 2.24) is 9.80 Å². The molecule has 0 saturated carbocycles. The third kappa shape index (κ3) is 0.798. The van der Waals surface area contributed by atoms with Gasteiger partial charge < -0.3 is 0 Å². The Morgan fingerprint density at radius 2 is 1.82 bits per heavy atom. The average molecular weight is 154 g/mol. The van der Waals surface area contributed by atoms with Crippen molar-refractivity contribution in [2.45, 2.75) is 51.5 Å². The normalized spacial score (nSPS) is 52.4. The van der Waals surface area contributed by atoms with Crippen LogP contribution >= 0.6 is 0 Å². The number of hydrogen-bond acceptors (Lipinski definition) is 2. The predicted octanol–water partition coefficient (Wildman–Crippen LogP) is 1.13. The van der Waals surface area contributed by atoms with E-state index in [2.05, 4.69) is 37.6 Å². The van der Waals surface area contributed by atoms with E-state index in [9.17, 15) is 0 Å². The molecule has 64 valence electrons. The number of fused-ring (bicyclic) bond motifs is 1. The first-order valence-electron chi connectivity index (χ1n) is 4.62. The zero-order valence-electron chi connectivity index (χ0n) is 7.91. The molecular weight excluding hydrogens is 136 g/mol. The summed E-state index contributed by atoms with van der Waals surface area (Å²) in [5, 5.41) is 0. The maximum Gasteiger partial charge on any atom is 0.0599 e. The van der Waals surface area contributed by atoms with Crippen LogP contribution < -0.4 is 0 Å². The molecule has 2 aliphatic rings. The molecule has 0 spiro atoms. The standard InChI is InChI=1S/C9H18N2/c1-6-5-9-7(2)10(4)8(3)11(6)9/h6-9H,5H2,1-4H3. The zero-order chi connectivity index (χ0) is 8.17. The van der Waals surface area contributed by atoms with Gasteiger partial charge in [0.2, 0.25) is 0 Å². The second kappa shape index (κ2) is 2.20. The average Bonchev–Trinajstić information content (AvgIpc) is 2.10. The zero-order valence-corrected chi connectivity index (χ0v) is 7.91. The molecule has 4 atom stereocenters.